The number of hydrogen-bond donors (Lipinski definition) is 0. The third-order valence-corrected chi connectivity index (χ3v) is 3.70. The number of hydrogen-bond acceptors (Lipinski definition) is 3. The van der Waals surface area contributed by atoms with Crippen molar-refractivity contribution in [3.63, 3.8) is 0 Å². The molecule has 0 aliphatic heterocycles. The zero-order valence-corrected chi connectivity index (χ0v) is 13.5. The van der Waals surface area contributed by atoms with E-state index in [-0.39, 0.29) is 11.4 Å². The number of aryl methyl sites for hydroxylation is 1. The lowest BCUT2D eigenvalue weighted by Crippen LogP contribution is -2.30. The Bertz CT molecular complexity index is 640. The molecule has 2 rings (SSSR count). The molecule has 0 fully saturated rings. The molecule has 0 unspecified atom stereocenters. The van der Waals surface area contributed by atoms with Crippen molar-refractivity contribution in [2.45, 2.75) is 32.4 Å². The molecule has 0 amide bonds. The van der Waals surface area contributed by atoms with Crippen LogP contribution in [0.1, 0.15) is 19.7 Å². The molecule has 2 aromatic rings. The lowest BCUT2D eigenvalue weighted by Gasteiger charge is -2.25. The molecule has 0 bridgehead atoms. The van der Waals surface area contributed by atoms with Crippen molar-refractivity contribution in [3.8, 4) is 5.75 Å². The van der Waals surface area contributed by atoms with Gasteiger partial charge in [0.05, 0.1) is 30.3 Å². The van der Waals surface area contributed by atoms with Crippen LogP contribution in [0.25, 0.3) is 11.0 Å². The van der Waals surface area contributed by atoms with Crippen molar-refractivity contribution >= 4 is 22.6 Å². The summed E-state index contributed by atoms with van der Waals surface area (Å²) in [4.78, 5) is 4.48. The van der Waals surface area contributed by atoms with Gasteiger partial charge in [-0.25, -0.2) is 9.37 Å². The van der Waals surface area contributed by atoms with E-state index in [9.17, 15) is 4.39 Å². The van der Waals surface area contributed by atoms with Gasteiger partial charge < -0.3 is 14.0 Å². The van der Waals surface area contributed by atoms with Gasteiger partial charge in [0.25, 0.3) is 0 Å². The monoisotopic (exact) mass is 314 g/mol. The van der Waals surface area contributed by atoms with Gasteiger partial charge in [0.1, 0.15) is 5.82 Å². The van der Waals surface area contributed by atoms with E-state index >= 15 is 0 Å². The van der Waals surface area contributed by atoms with E-state index in [2.05, 4.69) is 4.98 Å². The zero-order valence-electron chi connectivity index (χ0n) is 12.7. The van der Waals surface area contributed by atoms with Crippen LogP contribution in [0.2, 0.25) is 0 Å². The first kappa shape index (κ1) is 16.0. The van der Waals surface area contributed by atoms with Gasteiger partial charge in [-0.1, -0.05) is 0 Å². The fourth-order valence-electron chi connectivity index (χ4n) is 2.23. The molecule has 6 heteroatoms. The summed E-state index contributed by atoms with van der Waals surface area (Å²) in [5, 5.41) is 0. The zero-order chi connectivity index (χ0) is 15.6. The fourth-order valence-corrected chi connectivity index (χ4v) is 2.40. The number of halogens is 2. The van der Waals surface area contributed by atoms with Gasteiger partial charge in [-0.05, 0) is 13.8 Å². The largest absolute Gasteiger partial charge is 0.494 e. The summed E-state index contributed by atoms with van der Waals surface area (Å²) in [6.07, 6.45) is 0.611. The Balaban J connectivity index is 2.60. The molecular formula is C15H20ClFN2O2. The summed E-state index contributed by atoms with van der Waals surface area (Å²) in [7, 11) is 3.12. The highest BCUT2D eigenvalue weighted by molar-refractivity contribution is 6.17. The topological polar surface area (TPSA) is 36.3 Å². The van der Waals surface area contributed by atoms with Crippen LogP contribution in [0, 0.1) is 5.82 Å². The van der Waals surface area contributed by atoms with Crippen LogP contribution in [-0.4, -0.2) is 35.3 Å². The van der Waals surface area contributed by atoms with Crippen molar-refractivity contribution < 1.29 is 13.9 Å². The highest BCUT2D eigenvalue weighted by Gasteiger charge is 2.22. The lowest BCUT2D eigenvalue weighted by atomic mass is 10.1. The van der Waals surface area contributed by atoms with E-state index in [0.717, 1.165) is 11.3 Å². The third kappa shape index (κ3) is 3.30. The Morgan fingerprint density at radius 1 is 1.33 bits per heavy atom. The van der Waals surface area contributed by atoms with Gasteiger partial charge >= 0.3 is 0 Å². The maximum absolute atomic E-state index is 13.8. The predicted octanol–water partition coefficient (Wildman–Crippen LogP) is 3.39. The van der Waals surface area contributed by atoms with Crippen LogP contribution < -0.4 is 4.74 Å². The standard InChI is InChI=1S/C15H20ClFN2O2/c1-15(2,21-4)9-19-12-8-13(20-3)10(17)7-11(12)18-14(19)5-6-16/h7-8H,5-6,9H2,1-4H3. The Labute approximate surface area is 128 Å². The molecule has 0 radical (unpaired) electrons. The van der Waals surface area contributed by atoms with E-state index in [1.54, 1.807) is 13.2 Å². The van der Waals surface area contributed by atoms with E-state index < -0.39 is 5.82 Å². The molecule has 0 aliphatic rings. The van der Waals surface area contributed by atoms with Crippen molar-refractivity contribution in [2.24, 2.45) is 0 Å². The van der Waals surface area contributed by atoms with Crippen LogP contribution in [-0.2, 0) is 17.7 Å². The number of ether oxygens (including phenoxy) is 2. The molecule has 1 aromatic carbocycles. The van der Waals surface area contributed by atoms with Crippen molar-refractivity contribution in [1.82, 2.24) is 9.55 Å². The molecule has 1 aromatic heterocycles. The molecular weight excluding hydrogens is 295 g/mol. The molecule has 0 aliphatic carbocycles. The van der Waals surface area contributed by atoms with E-state index in [4.69, 9.17) is 21.1 Å². The first-order valence-corrected chi connectivity index (χ1v) is 7.29. The number of imidazole rings is 1. The molecule has 0 saturated heterocycles. The quantitative estimate of drug-likeness (QED) is 0.767. The Hall–Kier alpha value is -1.33. The molecule has 21 heavy (non-hydrogen) atoms. The maximum Gasteiger partial charge on any atom is 0.167 e. The summed E-state index contributed by atoms with van der Waals surface area (Å²) in [6, 6.07) is 3.06. The average Bonchev–Trinajstić information content (AvgIpc) is 2.75. The van der Waals surface area contributed by atoms with Crippen LogP contribution in [0.15, 0.2) is 12.1 Å². The maximum atomic E-state index is 13.8. The molecule has 116 valence electrons. The van der Waals surface area contributed by atoms with Gasteiger partial charge in [0, 0.05) is 31.5 Å². The van der Waals surface area contributed by atoms with Gasteiger partial charge in [-0.3, -0.25) is 0 Å². The van der Waals surface area contributed by atoms with Gasteiger partial charge in [0.15, 0.2) is 11.6 Å². The second kappa shape index (κ2) is 6.20. The first-order valence-electron chi connectivity index (χ1n) is 6.75. The molecule has 1 heterocycles. The van der Waals surface area contributed by atoms with Crippen LogP contribution in [0.4, 0.5) is 4.39 Å². The number of aromatic nitrogens is 2. The van der Waals surface area contributed by atoms with Gasteiger partial charge in [-0.15, -0.1) is 11.6 Å². The second-order valence-corrected chi connectivity index (χ2v) is 5.87. The van der Waals surface area contributed by atoms with E-state index in [0.29, 0.717) is 24.4 Å². The molecule has 0 atom stereocenters. The SMILES string of the molecule is COc1cc2c(cc1F)nc(CCCl)n2CC(C)(C)OC. The van der Waals surface area contributed by atoms with Crippen molar-refractivity contribution in [3.05, 3.63) is 23.8 Å². The van der Waals surface area contributed by atoms with Crippen molar-refractivity contribution in [2.75, 3.05) is 20.1 Å². The lowest BCUT2D eigenvalue weighted by molar-refractivity contribution is 0.00845. The highest BCUT2D eigenvalue weighted by Crippen LogP contribution is 2.27. The highest BCUT2D eigenvalue weighted by atomic mass is 35.5. The summed E-state index contributed by atoms with van der Waals surface area (Å²) in [6.45, 7) is 4.58. The summed E-state index contributed by atoms with van der Waals surface area (Å²) >= 11 is 5.85. The molecule has 0 N–H and O–H groups in total. The first-order chi connectivity index (χ1) is 9.91. The summed E-state index contributed by atoms with van der Waals surface area (Å²) in [5.41, 5.74) is 1.05. The van der Waals surface area contributed by atoms with Crippen LogP contribution in [0.3, 0.4) is 0 Å². The van der Waals surface area contributed by atoms with Crippen LogP contribution in [0.5, 0.6) is 5.75 Å². The number of nitrogens with zero attached hydrogens (tertiary/aromatic N) is 2. The Kier molecular flexibility index (Phi) is 4.74. The average molecular weight is 315 g/mol. The number of methoxy groups -OCH3 is 2. The molecule has 4 nitrogen and oxygen atoms in total. The third-order valence-electron chi connectivity index (χ3n) is 3.51. The number of rotatable bonds is 6. The fraction of sp³-hybridized carbons (Fsp3) is 0.533. The van der Waals surface area contributed by atoms with Gasteiger partial charge in [0.2, 0.25) is 0 Å². The van der Waals surface area contributed by atoms with E-state index in [1.807, 2.05) is 18.4 Å². The van der Waals surface area contributed by atoms with Gasteiger partial charge in [-0.2, -0.15) is 0 Å². The molecule has 0 spiro atoms. The summed E-state index contributed by atoms with van der Waals surface area (Å²) in [5.74, 6) is 1.06. The Morgan fingerprint density at radius 3 is 2.62 bits per heavy atom. The minimum atomic E-state index is -0.418. The Morgan fingerprint density at radius 2 is 2.05 bits per heavy atom. The number of benzene rings is 1. The van der Waals surface area contributed by atoms with Crippen LogP contribution >= 0.6 is 11.6 Å². The normalized spacial score (nSPS) is 12.1. The summed E-state index contributed by atoms with van der Waals surface area (Å²) < 4.78 is 26.4. The smallest absolute Gasteiger partial charge is 0.167 e. The molecule has 0 saturated carbocycles. The number of fused-ring (bicyclic) bond motifs is 1. The number of alkyl halides is 1. The minimum Gasteiger partial charge on any atom is -0.494 e. The second-order valence-electron chi connectivity index (χ2n) is 5.49. The van der Waals surface area contributed by atoms with Crippen molar-refractivity contribution in [1.29, 1.82) is 0 Å². The van der Waals surface area contributed by atoms with E-state index in [1.165, 1.54) is 13.2 Å². The predicted molar refractivity (Wildman–Crippen MR) is 81.8 cm³/mol. The minimum absolute atomic E-state index is 0.205.